The van der Waals surface area contributed by atoms with Crippen molar-refractivity contribution in [3.8, 4) is 5.75 Å². The summed E-state index contributed by atoms with van der Waals surface area (Å²) >= 11 is 12.1. The first kappa shape index (κ1) is 16.4. The van der Waals surface area contributed by atoms with Crippen molar-refractivity contribution < 1.29 is 9.53 Å². The van der Waals surface area contributed by atoms with Gasteiger partial charge in [0.1, 0.15) is 11.4 Å². The number of nitrogens with one attached hydrogen (secondary N) is 1. The van der Waals surface area contributed by atoms with Gasteiger partial charge >= 0.3 is 0 Å². The van der Waals surface area contributed by atoms with Gasteiger partial charge in [-0.2, -0.15) is 0 Å². The molecule has 7 heteroatoms. The van der Waals surface area contributed by atoms with Crippen molar-refractivity contribution in [2.45, 2.75) is 0 Å². The Kier molecular flexibility index (Phi) is 4.74. The van der Waals surface area contributed by atoms with Crippen molar-refractivity contribution in [3.05, 3.63) is 64.5 Å². The van der Waals surface area contributed by atoms with Crippen LogP contribution in [-0.2, 0) is 4.79 Å². The first-order valence-corrected chi connectivity index (χ1v) is 7.79. The molecule has 122 valence electrons. The van der Waals surface area contributed by atoms with Gasteiger partial charge in [-0.3, -0.25) is 9.20 Å². The van der Waals surface area contributed by atoms with Gasteiger partial charge in [0.05, 0.1) is 18.5 Å². The van der Waals surface area contributed by atoms with Crippen LogP contribution < -0.4 is 10.1 Å². The van der Waals surface area contributed by atoms with E-state index in [1.807, 2.05) is 24.4 Å². The monoisotopic (exact) mass is 361 g/mol. The number of ether oxygens (including phenoxy) is 1. The fourth-order valence-electron chi connectivity index (χ4n) is 2.24. The fraction of sp³-hybridized carbons (Fsp3) is 0.0588. The van der Waals surface area contributed by atoms with Crippen LogP contribution in [-0.4, -0.2) is 22.4 Å². The molecule has 0 unspecified atom stereocenters. The number of amides is 1. The SMILES string of the molecule is COc1ccc(Cl)cc1NC(=O)C=Cc1c(Cl)nc2ccccn12. The van der Waals surface area contributed by atoms with Gasteiger partial charge in [0.2, 0.25) is 5.91 Å². The topological polar surface area (TPSA) is 55.6 Å². The lowest BCUT2D eigenvalue weighted by Gasteiger charge is -2.08. The summed E-state index contributed by atoms with van der Waals surface area (Å²) in [5.74, 6) is 0.187. The highest BCUT2D eigenvalue weighted by Gasteiger charge is 2.09. The number of carbonyl (C=O) groups is 1. The second kappa shape index (κ2) is 6.95. The summed E-state index contributed by atoms with van der Waals surface area (Å²) < 4.78 is 6.99. The number of methoxy groups -OCH3 is 1. The van der Waals surface area contributed by atoms with Crippen molar-refractivity contribution >= 4 is 46.5 Å². The number of halogens is 2. The Morgan fingerprint density at radius 1 is 1.29 bits per heavy atom. The molecule has 0 aliphatic carbocycles. The predicted molar refractivity (Wildman–Crippen MR) is 95.9 cm³/mol. The molecule has 24 heavy (non-hydrogen) atoms. The number of benzene rings is 1. The number of fused-ring (bicyclic) bond motifs is 1. The minimum atomic E-state index is -0.336. The summed E-state index contributed by atoms with van der Waals surface area (Å²) in [6, 6.07) is 10.5. The van der Waals surface area contributed by atoms with E-state index < -0.39 is 0 Å². The largest absolute Gasteiger partial charge is 0.495 e. The molecule has 0 aliphatic heterocycles. The van der Waals surface area contributed by atoms with E-state index in [0.29, 0.717) is 33.0 Å². The standard InChI is InChI=1S/C17H13Cl2N3O2/c1-24-14-7-5-11(18)10-12(14)20-16(23)8-6-13-17(19)21-15-4-2-3-9-22(13)15/h2-10H,1H3,(H,20,23). The van der Waals surface area contributed by atoms with Crippen LogP contribution in [0, 0.1) is 0 Å². The maximum atomic E-state index is 12.2. The van der Waals surface area contributed by atoms with Gasteiger partial charge in [-0.15, -0.1) is 0 Å². The molecule has 0 fully saturated rings. The quantitative estimate of drug-likeness (QED) is 0.704. The number of hydrogen-bond donors (Lipinski definition) is 1. The highest BCUT2D eigenvalue weighted by atomic mass is 35.5. The van der Waals surface area contributed by atoms with Crippen molar-refractivity contribution in [1.82, 2.24) is 9.38 Å². The van der Waals surface area contributed by atoms with Crippen LogP contribution in [0.2, 0.25) is 10.2 Å². The van der Waals surface area contributed by atoms with E-state index in [1.165, 1.54) is 13.2 Å². The molecule has 3 aromatic rings. The minimum absolute atomic E-state index is 0.325. The van der Waals surface area contributed by atoms with Gasteiger partial charge in [0, 0.05) is 17.3 Å². The van der Waals surface area contributed by atoms with Crippen LogP contribution in [0.25, 0.3) is 11.7 Å². The molecular formula is C17H13Cl2N3O2. The van der Waals surface area contributed by atoms with Crippen LogP contribution in [0.3, 0.4) is 0 Å². The lowest BCUT2D eigenvalue weighted by molar-refractivity contribution is -0.111. The van der Waals surface area contributed by atoms with Gasteiger partial charge in [-0.25, -0.2) is 4.98 Å². The number of hydrogen-bond acceptors (Lipinski definition) is 3. The molecule has 1 amide bonds. The second-order valence-corrected chi connectivity index (χ2v) is 5.68. The average molecular weight is 362 g/mol. The Bertz CT molecular complexity index is 935. The molecule has 3 rings (SSSR count). The zero-order chi connectivity index (χ0) is 17.1. The smallest absolute Gasteiger partial charge is 0.248 e. The molecule has 0 aliphatic rings. The zero-order valence-corrected chi connectivity index (χ0v) is 14.2. The van der Waals surface area contributed by atoms with Gasteiger partial charge in [-0.1, -0.05) is 29.3 Å². The van der Waals surface area contributed by atoms with E-state index in [1.54, 1.807) is 28.7 Å². The Labute approximate surface area is 148 Å². The molecular weight excluding hydrogens is 349 g/mol. The summed E-state index contributed by atoms with van der Waals surface area (Å²) in [4.78, 5) is 16.4. The minimum Gasteiger partial charge on any atom is -0.495 e. The molecule has 5 nitrogen and oxygen atoms in total. The third-order valence-electron chi connectivity index (χ3n) is 3.33. The molecule has 1 aromatic carbocycles. The van der Waals surface area contributed by atoms with Gasteiger partial charge in [0.15, 0.2) is 5.15 Å². The molecule has 1 N–H and O–H groups in total. The normalized spacial score (nSPS) is 11.1. The lowest BCUT2D eigenvalue weighted by Crippen LogP contribution is -2.09. The van der Waals surface area contributed by atoms with E-state index in [0.717, 1.165) is 0 Å². The summed E-state index contributed by atoms with van der Waals surface area (Å²) in [6.07, 6.45) is 4.81. The van der Waals surface area contributed by atoms with Crippen LogP contribution in [0.15, 0.2) is 48.7 Å². The summed E-state index contributed by atoms with van der Waals surface area (Å²) in [5.41, 5.74) is 1.82. The maximum Gasteiger partial charge on any atom is 0.248 e. The molecule has 0 spiro atoms. The van der Waals surface area contributed by atoms with Gasteiger partial charge < -0.3 is 10.1 Å². The second-order valence-electron chi connectivity index (χ2n) is 4.88. The third kappa shape index (κ3) is 3.37. The average Bonchev–Trinajstić information content (AvgIpc) is 2.88. The lowest BCUT2D eigenvalue weighted by atomic mass is 10.3. The van der Waals surface area contributed by atoms with Crippen molar-refractivity contribution in [2.24, 2.45) is 0 Å². The molecule has 0 saturated carbocycles. The van der Waals surface area contributed by atoms with E-state index in [-0.39, 0.29) is 5.91 Å². The summed E-state index contributed by atoms with van der Waals surface area (Å²) in [5, 5.41) is 3.55. The first-order chi connectivity index (χ1) is 11.6. The molecule has 0 saturated heterocycles. The highest BCUT2D eigenvalue weighted by molar-refractivity contribution is 6.31. The first-order valence-electron chi connectivity index (χ1n) is 7.03. The summed E-state index contributed by atoms with van der Waals surface area (Å²) in [6.45, 7) is 0. The number of nitrogens with zero attached hydrogens (tertiary/aromatic N) is 2. The number of pyridine rings is 1. The predicted octanol–water partition coefficient (Wildman–Crippen LogP) is 4.30. The van der Waals surface area contributed by atoms with E-state index in [9.17, 15) is 4.79 Å². The van der Waals surface area contributed by atoms with Crippen molar-refractivity contribution in [1.29, 1.82) is 0 Å². The van der Waals surface area contributed by atoms with Gasteiger partial charge in [0.25, 0.3) is 0 Å². The third-order valence-corrected chi connectivity index (χ3v) is 3.85. The number of imidazole rings is 1. The Morgan fingerprint density at radius 3 is 2.92 bits per heavy atom. The van der Waals surface area contributed by atoms with Crippen LogP contribution >= 0.6 is 23.2 Å². The maximum absolute atomic E-state index is 12.2. The van der Waals surface area contributed by atoms with Crippen molar-refractivity contribution in [3.63, 3.8) is 0 Å². The van der Waals surface area contributed by atoms with E-state index >= 15 is 0 Å². The van der Waals surface area contributed by atoms with Crippen LogP contribution in [0.5, 0.6) is 5.75 Å². The zero-order valence-electron chi connectivity index (χ0n) is 12.7. The molecule has 0 bridgehead atoms. The fourth-order valence-corrected chi connectivity index (χ4v) is 2.65. The summed E-state index contributed by atoms with van der Waals surface area (Å²) in [7, 11) is 1.52. The highest BCUT2D eigenvalue weighted by Crippen LogP contribution is 2.27. The van der Waals surface area contributed by atoms with Crippen molar-refractivity contribution in [2.75, 3.05) is 12.4 Å². The Hall–Kier alpha value is -2.50. The number of rotatable bonds is 4. The molecule has 0 atom stereocenters. The van der Waals surface area contributed by atoms with Gasteiger partial charge in [-0.05, 0) is 36.4 Å². The van der Waals surface area contributed by atoms with Crippen LogP contribution in [0.1, 0.15) is 5.69 Å². The number of carbonyl (C=O) groups excluding carboxylic acids is 1. The van der Waals surface area contributed by atoms with Crippen LogP contribution in [0.4, 0.5) is 5.69 Å². The Balaban J connectivity index is 1.83. The van der Waals surface area contributed by atoms with E-state index in [4.69, 9.17) is 27.9 Å². The Morgan fingerprint density at radius 2 is 2.12 bits per heavy atom. The van der Waals surface area contributed by atoms with E-state index in [2.05, 4.69) is 10.3 Å². The number of anilines is 1. The number of aromatic nitrogens is 2. The molecule has 2 heterocycles. The molecule has 0 radical (unpaired) electrons. The molecule has 2 aromatic heterocycles.